The van der Waals surface area contributed by atoms with Gasteiger partial charge in [0.25, 0.3) is 5.56 Å². The lowest BCUT2D eigenvalue weighted by atomic mass is 10.3. The van der Waals surface area contributed by atoms with Gasteiger partial charge in [-0.1, -0.05) is 18.2 Å². The Morgan fingerprint density at radius 2 is 2.00 bits per heavy atom. The summed E-state index contributed by atoms with van der Waals surface area (Å²) in [6.45, 7) is 1.42. The summed E-state index contributed by atoms with van der Waals surface area (Å²) in [5.74, 6) is -0.669. The molecule has 3 aromatic rings. The second-order valence-electron chi connectivity index (χ2n) is 5.08. The number of nitrogens with one attached hydrogen (secondary N) is 1. The normalized spacial score (nSPS) is 10.6. The number of alkyl carbamates (subject to hydrolysis) is 1. The minimum absolute atomic E-state index is 0.144. The third-order valence-corrected chi connectivity index (χ3v) is 3.39. The smallest absolute Gasteiger partial charge is 0.413 e. The van der Waals surface area contributed by atoms with Crippen molar-refractivity contribution in [3.05, 3.63) is 53.2 Å². The molecule has 3 rings (SSSR count). The Labute approximate surface area is 141 Å². The first-order valence-electron chi connectivity index (χ1n) is 7.55. The molecule has 9 nitrogen and oxygen atoms in total. The van der Waals surface area contributed by atoms with E-state index in [-0.39, 0.29) is 18.5 Å². The third-order valence-electron chi connectivity index (χ3n) is 3.39. The molecule has 2 amide bonds. The highest BCUT2D eigenvalue weighted by atomic mass is 16.5. The molecule has 2 aromatic heterocycles. The monoisotopic (exact) mass is 341 g/mol. The molecule has 0 aliphatic heterocycles. The van der Waals surface area contributed by atoms with E-state index in [4.69, 9.17) is 0 Å². The summed E-state index contributed by atoms with van der Waals surface area (Å²) in [4.78, 5) is 39.7. The van der Waals surface area contributed by atoms with Crippen LogP contribution in [-0.2, 0) is 16.1 Å². The number of para-hydroxylation sites is 1. The molecule has 0 radical (unpaired) electrons. The lowest BCUT2D eigenvalue weighted by molar-refractivity contribution is -0.121. The van der Waals surface area contributed by atoms with Crippen molar-refractivity contribution in [2.75, 3.05) is 6.61 Å². The standard InChI is InChI=1S/C16H15N5O4/c1-2-25-16(24)19-13(22)9-20-10-17-14-12(15(20)23)8-18-21(14)11-6-4-3-5-7-11/h3-8,10H,2,9H2,1H3,(H,19,22,24). The van der Waals surface area contributed by atoms with Crippen molar-refractivity contribution in [1.82, 2.24) is 24.6 Å². The van der Waals surface area contributed by atoms with Crippen LogP contribution in [0.4, 0.5) is 4.79 Å². The largest absolute Gasteiger partial charge is 0.450 e. The average molecular weight is 341 g/mol. The number of imide groups is 1. The fraction of sp³-hybridized carbons (Fsp3) is 0.188. The van der Waals surface area contributed by atoms with Crippen LogP contribution in [0.5, 0.6) is 0 Å². The molecular weight excluding hydrogens is 326 g/mol. The Morgan fingerprint density at radius 3 is 2.72 bits per heavy atom. The van der Waals surface area contributed by atoms with Crippen molar-refractivity contribution < 1.29 is 14.3 Å². The molecule has 25 heavy (non-hydrogen) atoms. The zero-order valence-electron chi connectivity index (χ0n) is 13.4. The SMILES string of the molecule is CCOC(=O)NC(=O)Cn1cnc2c(cnn2-c2ccccc2)c1=O. The molecule has 0 bridgehead atoms. The van der Waals surface area contributed by atoms with Gasteiger partial charge in [-0.25, -0.2) is 14.5 Å². The van der Waals surface area contributed by atoms with Crippen LogP contribution in [0.25, 0.3) is 16.7 Å². The molecule has 0 aliphatic carbocycles. The molecule has 1 aromatic carbocycles. The highest BCUT2D eigenvalue weighted by Crippen LogP contribution is 2.12. The number of aromatic nitrogens is 4. The quantitative estimate of drug-likeness (QED) is 0.754. The number of carbonyl (C=O) groups is 2. The van der Waals surface area contributed by atoms with Gasteiger partial charge in [-0.2, -0.15) is 5.10 Å². The van der Waals surface area contributed by atoms with Crippen molar-refractivity contribution in [2.24, 2.45) is 0 Å². The van der Waals surface area contributed by atoms with E-state index in [1.807, 2.05) is 35.6 Å². The molecular formula is C16H15N5O4. The van der Waals surface area contributed by atoms with Gasteiger partial charge in [-0.3, -0.25) is 19.5 Å². The minimum atomic E-state index is -0.855. The maximum absolute atomic E-state index is 12.5. The van der Waals surface area contributed by atoms with Crippen LogP contribution >= 0.6 is 0 Å². The van der Waals surface area contributed by atoms with Gasteiger partial charge < -0.3 is 4.74 Å². The van der Waals surface area contributed by atoms with Crippen LogP contribution in [0.15, 0.2) is 47.7 Å². The van der Waals surface area contributed by atoms with Gasteiger partial charge in [0.2, 0.25) is 5.91 Å². The second-order valence-corrected chi connectivity index (χ2v) is 5.08. The van der Waals surface area contributed by atoms with Crippen LogP contribution in [0.2, 0.25) is 0 Å². The number of hydrogen-bond donors (Lipinski definition) is 1. The first-order valence-corrected chi connectivity index (χ1v) is 7.55. The summed E-state index contributed by atoms with van der Waals surface area (Å²) in [5, 5.41) is 6.49. The Bertz CT molecular complexity index is 977. The number of ether oxygens (including phenoxy) is 1. The molecule has 0 atom stereocenters. The van der Waals surface area contributed by atoms with Crippen molar-refractivity contribution in [3.63, 3.8) is 0 Å². The lowest BCUT2D eigenvalue weighted by Crippen LogP contribution is -2.36. The second kappa shape index (κ2) is 6.95. The van der Waals surface area contributed by atoms with Crippen LogP contribution in [0.1, 0.15) is 6.92 Å². The van der Waals surface area contributed by atoms with Gasteiger partial charge in [0.05, 0.1) is 18.5 Å². The molecule has 0 saturated heterocycles. The molecule has 0 saturated carbocycles. The fourth-order valence-electron chi connectivity index (χ4n) is 2.29. The van der Waals surface area contributed by atoms with Crippen LogP contribution in [0.3, 0.4) is 0 Å². The number of hydrogen-bond acceptors (Lipinski definition) is 6. The fourth-order valence-corrected chi connectivity index (χ4v) is 2.29. The predicted octanol–water partition coefficient (Wildman–Crippen LogP) is 0.855. The molecule has 0 fully saturated rings. The van der Waals surface area contributed by atoms with Crippen molar-refractivity contribution in [2.45, 2.75) is 13.5 Å². The summed E-state index contributed by atoms with van der Waals surface area (Å²) >= 11 is 0. The van der Waals surface area contributed by atoms with E-state index in [1.54, 1.807) is 11.6 Å². The highest BCUT2D eigenvalue weighted by molar-refractivity contribution is 5.91. The number of fused-ring (bicyclic) bond motifs is 1. The highest BCUT2D eigenvalue weighted by Gasteiger charge is 2.14. The maximum atomic E-state index is 12.5. The van der Waals surface area contributed by atoms with E-state index < -0.39 is 17.6 Å². The van der Waals surface area contributed by atoms with Crippen LogP contribution in [-0.4, -0.2) is 37.9 Å². The summed E-state index contributed by atoms with van der Waals surface area (Å²) in [7, 11) is 0. The molecule has 0 aliphatic rings. The van der Waals surface area contributed by atoms with E-state index in [1.165, 1.54) is 12.5 Å². The summed E-state index contributed by atoms with van der Waals surface area (Å²) in [6.07, 6.45) is 1.79. The van der Waals surface area contributed by atoms with Crippen LogP contribution < -0.4 is 10.9 Å². The van der Waals surface area contributed by atoms with Gasteiger partial charge in [-0.15, -0.1) is 0 Å². The van der Waals surface area contributed by atoms with Crippen molar-refractivity contribution in [1.29, 1.82) is 0 Å². The van der Waals surface area contributed by atoms with Gasteiger partial charge in [0.15, 0.2) is 5.65 Å². The molecule has 128 valence electrons. The Balaban J connectivity index is 1.88. The molecule has 0 spiro atoms. The van der Waals surface area contributed by atoms with E-state index in [0.717, 1.165) is 10.3 Å². The number of amides is 2. The zero-order valence-corrected chi connectivity index (χ0v) is 13.4. The van der Waals surface area contributed by atoms with Gasteiger partial charge in [0.1, 0.15) is 18.3 Å². The number of rotatable bonds is 4. The predicted molar refractivity (Wildman–Crippen MR) is 88.3 cm³/mol. The summed E-state index contributed by atoms with van der Waals surface area (Å²) in [5.41, 5.74) is 0.728. The van der Waals surface area contributed by atoms with E-state index in [2.05, 4.69) is 14.8 Å². The average Bonchev–Trinajstić information content (AvgIpc) is 3.03. The minimum Gasteiger partial charge on any atom is -0.450 e. The third kappa shape index (κ3) is 3.39. The summed E-state index contributed by atoms with van der Waals surface area (Å²) < 4.78 is 7.26. The van der Waals surface area contributed by atoms with Gasteiger partial charge in [-0.05, 0) is 19.1 Å². The van der Waals surface area contributed by atoms with E-state index in [0.29, 0.717) is 5.65 Å². The maximum Gasteiger partial charge on any atom is 0.413 e. The lowest BCUT2D eigenvalue weighted by Gasteiger charge is -2.07. The Kier molecular flexibility index (Phi) is 4.55. The first-order chi connectivity index (χ1) is 12.1. The molecule has 0 unspecified atom stereocenters. The number of benzene rings is 1. The molecule has 1 N–H and O–H groups in total. The van der Waals surface area contributed by atoms with E-state index >= 15 is 0 Å². The molecule has 2 heterocycles. The zero-order chi connectivity index (χ0) is 17.8. The van der Waals surface area contributed by atoms with Crippen molar-refractivity contribution in [3.8, 4) is 5.69 Å². The van der Waals surface area contributed by atoms with E-state index in [9.17, 15) is 14.4 Å². The first kappa shape index (κ1) is 16.4. The molecule has 9 heteroatoms. The Hall–Kier alpha value is -3.49. The summed E-state index contributed by atoms with van der Waals surface area (Å²) in [6, 6.07) is 9.25. The number of nitrogens with zero attached hydrogens (tertiary/aromatic N) is 4. The van der Waals surface area contributed by atoms with Crippen LogP contribution in [0, 0.1) is 0 Å². The van der Waals surface area contributed by atoms with Gasteiger partial charge >= 0.3 is 6.09 Å². The van der Waals surface area contributed by atoms with Gasteiger partial charge in [0, 0.05) is 0 Å². The Morgan fingerprint density at radius 1 is 1.24 bits per heavy atom. The number of carbonyl (C=O) groups excluding carboxylic acids is 2. The topological polar surface area (TPSA) is 108 Å². The van der Waals surface area contributed by atoms with Crippen molar-refractivity contribution >= 4 is 23.0 Å².